The largest absolute Gasteiger partial charge is 0.493 e. The summed E-state index contributed by atoms with van der Waals surface area (Å²) in [4.78, 5) is 20.6. The highest BCUT2D eigenvalue weighted by Crippen LogP contribution is 2.22. The van der Waals surface area contributed by atoms with Crippen LogP contribution in [0, 0.1) is 0 Å². The topological polar surface area (TPSA) is 132 Å². The molecule has 0 bridgehead atoms. The Labute approximate surface area is 231 Å². The Hall–Kier alpha value is -4.55. The third-order valence-corrected chi connectivity index (χ3v) is 6.90. The third-order valence-electron chi connectivity index (χ3n) is 5.34. The molecule has 39 heavy (non-hydrogen) atoms. The van der Waals surface area contributed by atoms with Gasteiger partial charge in [-0.2, -0.15) is 0 Å². The van der Waals surface area contributed by atoms with Crippen molar-refractivity contribution in [1.82, 2.24) is 15.3 Å². The third kappa shape index (κ3) is 7.72. The number of aromatic nitrogens is 2. The minimum absolute atomic E-state index is 0.0141. The summed E-state index contributed by atoms with van der Waals surface area (Å²) in [6.07, 6.45) is 3.48. The summed E-state index contributed by atoms with van der Waals surface area (Å²) in [7, 11) is -2.58. The quantitative estimate of drug-likeness (QED) is 0.245. The number of hydrogen-bond acceptors (Lipinski definition) is 8. The Balaban J connectivity index is 1.31. The first-order valence-electron chi connectivity index (χ1n) is 11.7. The predicted molar refractivity (Wildman–Crippen MR) is 152 cm³/mol. The van der Waals surface area contributed by atoms with E-state index in [1.165, 1.54) is 43.8 Å². The van der Waals surface area contributed by atoms with E-state index in [-0.39, 0.29) is 21.7 Å². The number of nitrogens with zero attached hydrogens (tertiary/aromatic N) is 2. The van der Waals surface area contributed by atoms with Crippen LogP contribution < -0.4 is 24.8 Å². The van der Waals surface area contributed by atoms with E-state index in [1.54, 1.807) is 24.3 Å². The Morgan fingerprint density at radius 1 is 0.949 bits per heavy atom. The molecule has 0 saturated heterocycles. The van der Waals surface area contributed by atoms with Crippen molar-refractivity contribution in [2.24, 2.45) is 0 Å². The monoisotopic (exact) mass is 563 g/mol. The van der Waals surface area contributed by atoms with Gasteiger partial charge in [-0.15, -0.1) is 0 Å². The van der Waals surface area contributed by atoms with Gasteiger partial charge < -0.3 is 14.8 Å². The number of sulfonamides is 1. The molecular weight excluding hydrogens is 538 g/mol. The Bertz CT molecular complexity index is 1550. The maximum atomic E-state index is 12.7. The molecule has 10 nitrogen and oxygen atoms in total. The van der Waals surface area contributed by atoms with Gasteiger partial charge in [0.25, 0.3) is 21.8 Å². The van der Waals surface area contributed by atoms with E-state index in [0.29, 0.717) is 23.6 Å². The van der Waals surface area contributed by atoms with E-state index in [9.17, 15) is 13.2 Å². The van der Waals surface area contributed by atoms with Crippen molar-refractivity contribution >= 4 is 44.8 Å². The zero-order valence-corrected chi connectivity index (χ0v) is 22.5. The number of nitrogens with one attached hydrogen (secondary N) is 3. The van der Waals surface area contributed by atoms with E-state index in [2.05, 4.69) is 25.3 Å². The molecule has 1 aromatic heterocycles. The number of rotatable bonds is 10. The molecule has 0 aliphatic rings. The molecule has 0 radical (unpaired) electrons. The molecule has 3 N–H and O–H groups in total. The van der Waals surface area contributed by atoms with Gasteiger partial charge in [0.05, 0.1) is 18.6 Å². The van der Waals surface area contributed by atoms with Crippen LogP contribution in [0.4, 0.5) is 11.5 Å². The van der Waals surface area contributed by atoms with Crippen LogP contribution in [0.15, 0.2) is 96.2 Å². The lowest BCUT2D eigenvalue weighted by atomic mass is 10.2. The second kappa shape index (κ2) is 12.8. The minimum atomic E-state index is -3.95. The van der Waals surface area contributed by atoms with Gasteiger partial charge in [-0.05, 0) is 60.2 Å². The molecule has 3 aromatic carbocycles. The normalized spacial score (nSPS) is 10.8. The van der Waals surface area contributed by atoms with Crippen LogP contribution in [0.25, 0.3) is 0 Å². The first-order valence-corrected chi connectivity index (χ1v) is 13.6. The number of anilines is 2. The van der Waals surface area contributed by atoms with Gasteiger partial charge in [-0.3, -0.25) is 14.8 Å². The van der Waals surface area contributed by atoms with Crippen LogP contribution >= 0.6 is 12.2 Å². The molecule has 1 heterocycles. The number of amides is 1. The summed E-state index contributed by atoms with van der Waals surface area (Å²) < 4.78 is 38.6. The first kappa shape index (κ1) is 27.5. The van der Waals surface area contributed by atoms with Gasteiger partial charge in [0.15, 0.2) is 5.11 Å². The molecule has 0 fully saturated rings. The maximum Gasteiger partial charge on any atom is 0.263 e. The summed E-state index contributed by atoms with van der Waals surface area (Å²) in [5, 5.41) is 5.53. The number of carbonyl (C=O) groups excluding carboxylic acids is 1. The van der Waals surface area contributed by atoms with Crippen LogP contribution in [0.1, 0.15) is 15.9 Å². The molecule has 0 atom stereocenters. The molecule has 0 saturated carbocycles. The molecular formula is C27H25N5O5S2. The lowest BCUT2D eigenvalue weighted by molar-refractivity contribution is 0.0977. The summed E-state index contributed by atoms with van der Waals surface area (Å²) in [5.41, 5.74) is 2.02. The minimum Gasteiger partial charge on any atom is -0.493 e. The van der Waals surface area contributed by atoms with Gasteiger partial charge >= 0.3 is 0 Å². The Morgan fingerprint density at radius 2 is 1.69 bits per heavy atom. The molecule has 4 rings (SSSR count). The van der Waals surface area contributed by atoms with Gasteiger partial charge in [0.1, 0.15) is 5.75 Å². The van der Waals surface area contributed by atoms with Crippen molar-refractivity contribution < 1.29 is 22.7 Å². The van der Waals surface area contributed by atoms with E-state index in [0.717, 1.165) is 12.0 Å². The average Bonchev–Trinajstić information content (AvgIpc) is 2.94. The fourth-order valence-corrected chi connectivity index (χ4v) is 4.66. The molecule has 0 aliphatic heterocycles. The van der Waals surface area contributed by atoms with Crippen molar-refractivity contribution in [2.75, 3.05) is 23.8 Å². The number of benzene rings is 3. The van der Waals surface area contributed by atoms with Crippen LogP contribution in [0.5, 0.6) is 11.6 Å². The van der Waals surface area contributed by atoms with Crippen molar-refractivity contribution in [3.63, 3.8) is 0 Å². The number of hydrogen-bond donors (Lipinski definition) is 3. The van der Waals surface area contributed by atoms with Crippen LogP contribution in [-0.4, -0.2) is 43.1 Å². The zero-order chi connectivity index (χ0) is 27.7. The highest BCUT2D eigenvalue weighted by atomic mass is 32.2. The van der Waals surface area contributed by atoms with Crippen molar-refractivity contribution in [2.45, 2.75) is 11.3 Å². The maximum absolute atomic E-state index is 12.7. The summed E-state index contributed by atoms with van der Waals surface area (Å²) in [5.74, 6) is 0.172. The molecule has 0 unspecified atom stereocenters. The van der Waals surface area contributed by atoms with Crippen molar-refractivity contribution in [3.8, 4) is 11.6 Å². The summed E-state index contributed by atoms with van der Waals surface area (Å²) in [6, 6.07) is 22.6. The zero-order valence-electron chi connectivity index (χ0n) is 20.8. The number of ether oxygens (including phenoxy) is 2. The first-order chi connectivity index (χ1) is 18.8. The average molecular weight is 564 g/mol. The van der Waals surface area contributed by atoms with Gasteiger partial charge in [0.2, 0.25) is 5.82 Å². The molecule has 0 aliphatic carbocycles. The van der Waals surface area contributed by atoms with Crippen LogP contribution in [0.2, 0.25) is 0 Å². The molecule has 200 valence electrons. The predicted octanol–water partition coefficient (Wildman–Crippen LogP) is 4.03. The van der Waals surface area contributed by atoms with Crippen molar-refractivity contribution in [1.29, 1.82) is 0 Å². The standard InChI is InChI=1S/C27H25N5O5S2/c1-36-26-24(28-15-16-29-26)32-39(34,35)23-12-10-21(11-13-23)30-27(38)31-25(33)20-8-5-9-22(18-20)37-17-14-19-6-3-2-4-7-19/h2-13,15-16,18H,14,17H2,1H3,(H,28,32)(H2,30,31,33,38). The molecule has 4 aromatic rings. The van der Waals surface area contributed by atoms with E-state index in [1.807, 2.05) is 30.3 Å². The number of carbonyl (C=O) groups is 1. The fourth-order valence-electron chi connectivity index (χ4n) is 3.44. The second-order valence-corrected chi connectivity index (χ2v) is 10.2. The fraction of sp³-hybridized carbons (Fsp3) is 0.111. The van der Waals surface area contributed by atoms with Crippen LogP contribution in [0.3, 0.4) is 0 Å². The lowest BCUT2D eigenvalue weighted by Crippen LogP contribution is -2.34. The van der Waals surface area contributed by atoms with Gasteiger partial charge in [-0.1, -0.05) is 36.4 Å². The van der Waals surface area contributed by atoms with Gasteiger partial charge in [0, 0.05) is 30.1 Å². The van der Waals surface area contributed by atoms with E-state index < -0.39 is 15.9 Å². The van der Waals surface area contributed by atoms with E-state index in [4.69, 9.17) is 21.7 Å². The van der Waals surface area contributed by atoms with Gasteiger partial charge in [-0.25, -0.2) is 18.4 Å². The highest BCUT2D eigenvalue weighted by molar-refractivity contribution is 7.92. The molecule has 12 heteroatoms. The molecule has 1 amide bonds. The second-order valence-electron chi connectivity index (χ2n) is 8.06. The SMILES string of the molecule is COc1nccnc1NS(=O)(=O)c1ccc(NC(=S)NC(=O)c2cccc(OCCc3ccccc3)c2)cc1. The number of thiocarbonyl (C=S) groups is 1. The van der Waals surface area contributed by atoms with Crippen LogP contribution in [-0.2, 0) is 16.4 Å². The highest BCUT2D eigenvalue weighted by Gasteiger charge is 2.18. The Kier molecular flexibility index (Phi) is 9.02. The Morgan fingerprint density at radius 3 is 2.44 bits per heavy atom. The summed E-state index contributed by atoms with van der Waals surface area (Å²) in [6.45, 7) is 0.475. The molecule has 0 spiro atoms. The summed E-state index contributed by atoms with van der Waals surface area (Å²) >= 11 is 5.26. The smallest absolute Gasteiger partial charge is 0.263 e. The lowest BCUT2D eigenvalue weighted by Gasteiger charge is -2.12. The van der Waals surface area contributed by atoms with E-state index >= 15 is 0 Å². The van der Waals surface area contributed by atoms with Crippen molar-refractivity contribution in [3.05, 3.63) is 102 Å². The number of methoxy groups -OCH3 is 1.